The highest BCUT2D eigenvalue weighted by molar-refractivity contribution is 5.98. The molecular weight excluding hydrogens is 190 g/mol. The van der Waals surface area contributed by atoms with Gasteiger partial charge in [-0.3, -0.25) is 4.79 Å². The number of carbonyl (C=O) groups excluding carboxylic acids is 1. The number of nitrogens with two attached hydrogens (primary N) is 1. The van der Waals surface area contributed by atoms with Crippen molar-refractivity contribution in [3.63, 3.8) is 0 Å². The predicted octanol–water partition coefficient (Wildman–Crippen LogP) is 1.46. The maximum absolute atomic E-state index is 11.7. The van der Waals surface area contributed by atoms with Crippen molar-refractivity contribution >= 4 is 5.78 Å². The van der Waals surface area contributed by atoms with E-state index in [0.29, 0.717) is 13.0 Å². The third-order valence-corrected chi connectivity index (χ3v) is 2.84. The standard InChI is InChI=1S/C12H15NO2/c1-8-9(11(14)4-6-13)2-3-12-10(8)5-7-15-12/h2-3H,4-7,13H2,1H3. The van der Waals surface area contributed by atoms with Crippen LogP contribution in [0.5, 0.6) is 5.75 Å². The molecule has 80 valence electrons. The molecule has 1 heterocycles. The highest BCUT2D eigenvalue weighted by Crippen LogP contribution is 2.30. The maximum atomic E-state index is 11.7. The second kappa shape index (κ2) is 4.03. The third-order valence-electron chi connectivity index (χ3n) is 2.84. The average molecular weight is 205 g/mol. The fourth-order valence-electron chi connectivity index (χ4n) is 2.01. The highest BCUT2D eigenvalue weighted by atomic mass is 16.5. The van der Waals surface area contributed by atoms with Gasteiger partial charge in [0.15, 0.2) is 5.78 Å². The van der Waals surface area contributed by atoms with Gasteiger partial charge >= 0.3 is 0 Å². The SMILES string of the molecule is Cc1c(C(=O)CCN)ccc2c1CCO2. The molecule has 0 atom stereocenters. The summed E-state index contributed by atoms with van der Waals surface area (Å²) >= 11 is 0. The van der Waals surface area contributed by atoms with E-state index in [-0.39, 0.29) is 5.78 Å². The number of benzene rings is 1. The van der Waals surface area contributed by atoms with Crippen LogP contribution < -0.4 is 10.5 Å². The molecule has 2 N–H and O–H groups in total. The highest BCUT2D eigenvalue weighted by Gasteiger charge is 2.18. The first-order valence-corrected chi connectivity index (χ1v) is 5.22. The van der Waals surface area contributed by atoms with Gasteiger partial charge in [-0.05, 0) is 31.2 Å². The van der Waals surface area contributed by atoms with Crippen LogP contribution in [-0.2, 0) is 6.42 Å². The van der Waals surface area contributed by atoms with Crippen LogP contribution in [0.2, 0.25) is 0 Å². The molecule has 3 heteroatoms. The first-order valence-electron chi connectivity index (χ1n) is 5.22. The van der Waals surface area contributed by atoms with Gasteiger partial charge in [0.25, 0.3) is 0 Å². The van der Waals surface area contributed by atoms with E-state index >= 15 is 0 Å². The number of carbonyl (C=O) groups is 1. The van der Waals surface area contributed by atoms with E-state index in [1.807, 2.05) is 19.1 Å². The minimum atomic E-state index is 0.129. The van der Waals surface area contributed by atoms with Crippen LogP contribution in [0.25, 0.3) is 0 Å². The number of ketones is 1. The van der Waals surface area contributed by atoms with Gasteiger partial charge in [-0.25, -0.2) is 0 Å². The molecule has 0 spiro atoms. The van der Waals surface area contributed by atoms with Crippen molar-refractivity contribution in [1.82, 2.24) is 0 Å². The normalized spacial score (nSPS) is 13.5. The quantitative estimate of drug-likeness (QED) is 0.760. The van der Waals surface area contributed by atoms with Crippen LogP contribution in [0, 0.1) is 6.92 Å². The predicted molar refractivity (Wildman–Crippen MR) is 58.4 cm³/mol. The topological polar surface area (TPSA) is 52.3 Å². The number of ether oxygens (including phenoxy) is 1. The van der Waals surface area contributed by atoms with E-state index in [0.717, 1.165) is 29.9 Å². The first-order chi connectivity index (χ1) is 7.24. The Balaban J connectivity index is 2.38. The molecule has 15 heavy (non-hydrogen) atoms. The molecule has 1 aliphatic heterocycles. The van der Waals surface area contributed by atoms with Gasteiger partial charge in [-0.1, -0.05) is 0 Å². The van der Waals surface area contributed by atoms with Crippen molar-refractivity contribution in [3.8, 4) is 5.75 Å². The van der Waals surface area contributed by atoms with Crippen molar-refractivity contribution in [1.29, 1.82) is 0 Å². The van der Waals surface area contributed by atoms with Crippen molar-refractivity contribution in [2.45, 2.75) is 19.8 Å². The van der Waals surface area contributed by atoms with E-state index < -0.39 is 0 Å². The van der Waals surface area contributed by atoms with E-state index in [9.17, 15) is 4.79 Å². The summed E-state index contributed by atoms with van der Waals surface area (Å²) in [5, 5.41) is 0. The van der Waals surface area contributed by atoms with Gasteiger partial charge in [0.2, 0.25) is 0 Å². The van der Waals surface area contributed by atoms with Gasteiger partial charge in [-0.2, -0.15) is 0 Å². The molecule has 1 aliphatic rings. The lowest BCUT2D eigenvalue weighted by Gasteiger charge is -2.08. The van der Waals surface area contributed by atoms with Crippen molar-refractivity contribution < 1.29 is 9.53 Å². The maximum Gasteiger partial charge on any atom is 0.164 e. The minimum Gasteiger partial charge on any atom is -0.493 e. The molecule has 0 aromatic heterocycles. The molecule has 0 unspecified atom stereocenters. The van der Waals surface area contributed by atoms with Crippen molar-refractivity contribution in [2.24, 2.45) is 5.73 Å². The van der Waals surface area contributed by atoms with Crippen LogP contribution in [0.15, 0.2) is 12.1 Å². The van der Waals surface area contributed by atoms with E-state index in [1.165, 1.54) is 5.56 Å². The lowest BCUT2D eigenvalue weighted by Crippen LogP contribution is -2.10. The molecule has 0 bridgehead atoms. The van der Waals surface area contributed by atoms with Gasteiger partial charge < -0.3 is 10.5 Å². The smallest absolute Gasteiger partial charge is 0.164 e. The fraction of sp³-hybridized carbons (Fsp3) is 0.417. The number of rotatable bonds is 3. The number of Topliss-reactive ketones (excluding diaryl/α,β-unsaturated/α-hetero) is 1. The lowest BCUT2D eigenvalue weighted by molar-refractivity contribution is 0.0985. The Kier molecular flexibility index (Phi) is 2.73. The van der Waals surface area contributed by atoms with Crippen LogP contribution in [0.4, 0.5) is 0 Å². The van der Waals surface area contributed by atoms with Crippen LogP contribution in [-0.4, -0.2) is 18.9 Å². The number of fused-ring (bicyclic) bond motifs is 1. The molecule has 0 fully saturated rings. The first kappa shape index (κ1) is 10.2. The Morgan fingerprint density at radius 3 is 3.07 bits per heavy atom. The summed E-state index contributed by atoms with van der Waals surface area (Å²) in [5.41, 5.74) is 8.42. The summed E-state index contributed by atoms with van der Waals surface area (Å²) in [5.74, 6) is 1.06. The monoisotopic (exact) mass is 205 g/mol. The van der Waals surface area contributed by atoms with Crippen molar-refractivity contribution in [3.05, 3.63) is 28.8 Å². The molecule has 0 aliphatic carbocycles. The van der Waals surface area contributed by atoms with Gasteiger partial charge in [0.05, 0.1) is 6.61 Å². The molecule has 2 rings (SSSR count). The Hall–Kier alpha value is -1.35. The average Bonchev–Trinajstić information content (AvgIpc) is 2.67. The second-order valence-corrected chi connectivity index (χ2v) is 3.78. The fourth-order valence-corrected chi connectivity index (χ4v) is 2.01. The zero-order valence-corrected chi connectivity index (χ0v) is 8.88. The number of hydrogen-bond acceptors (Lipinski definition) is 3. The zero-order chi connectivity index (χ0) is 10.8. The van der Waals surface area contributed by atoms with E-state index in [1.54, 1.807) is 0 Å². The van der Waals surface area contributed by atoms with Crippen molar-refractivity contribution in [2.75, 3.05) is 13.2 Å². The summed E-state index contributed by atoms with van der Waals surface area (Å²) in [6, 6.07) is 3.73. The van der Waals surface area contributed by atoms with Crippen LogP contribution in [0.1, 0.15) is 27.9 Å². The van der Waals surface area contributed by atoms with Crippen LogP contribution >= 0.6 is 0 Å². The summed E-state index contributed by atoms with van der Waals surface area (Å²) in [6.45, 7) is 3.12. The molecule has 1 aromatic carbocycles. The Labute approximate surface area is 89.2 Å². The van der Waals surface area contributed by atoms with E-state index in [4.69, 9.17) is 10.5 Å². The minimum absolute atomic E-state index is 0.129. The van der Waals surface area contributed by atoms with Gasteiger partial charge in [0.1, 0.15) is 5.75 Å². The Bertz CT molecular complexity index is 399. The molecule has 0 saturated heterocycles. The lowest BCUT2D eigenvalue weighted by atomic mass is 9.96. The molecule has 0 amide bonds. The summed E-state index contributed by atoms with van der Waals surface area (Å²) in [7, 11) is 0. The number of hydrogen-bond donors (Lipinski definition) is 1. The summed E-state index contributed by atoms with van der Waals surface area (Å²) in [4.78, 5) is 11.7. The summed E-state index contributed by atoms with van der Waals surface area (Å²) in [6.07, 6.45) is 1.32. The summed E-state index contributed by atoms with van der Waals surface area (Å²) < 4.78 is 5.44. The second-order valence-electron chi connectivity index (χ2n) is 3.78. The van der Waals surface area contributed by atoms with E-state index in [2.05, 4.69) is 0 Å². The van der Waals surface area contributed by atoms with Crippen LogP contribution in [0.3, 0.4) is 0 Å². The Morgan fingerprint density at radius 1 is 1.53 bits per heavy atom. The molecular formula is C12H15NO2. The molecule has 3 nitrogen and oxygen atoms in total. The van der Waals surface area contributed by atoms with Gasteiger partial charge in [0, 0.05) is 24.0 Å². The largest absolute Gasteiger partial charge is 0.493 e. The molecule has 1 aromatic rings. The Morgan fingerprint density at radius 2 is 2.33 bits per heavy atom. The molecule has 0 radical (unpaired) electrons. The zero-order valence-electron chi connectivity index (χ0n) is 8.88. The molecule has 0 saturated carbocycles. The van der Waals surface area contributed by atoms with Gasteiger partial charge in [-0.15, -0.1) is 0 Å². The third kappa shape index (κ3) is 1.75.